The van der Waals surface area contributed by atoms with Crippen LogP contribution >= 0.6 is 11.3 Å². The van der Waals surface area contributed by atoms with Gasteiger partial charge in [-0.2, -0.15) is 0 Å². The molecule has 6 nitrogen and oxygen atoms in total. The fourth-order valence-electron chi connectivity index (χ4n) is 4.24. The number of carbonyl (C=O) groups is 2. The van der Waals surface area contributed by atoms with Crippen LogP contribution < -0.4 is 0 Å². The molecule has 1 atom stereocenters. The highest BCUT2D eigenvalue weighted by Gasteiger charge is 2.50. The molecule has 0 bridgehead atoms. The van der Waals surface area contributed by atoms with Gasteiger partial charge in [-0.1, -0.05) is 0 Å². The van der Waals surface area contributed by atoms with E-state index in [1.807, 2.05) is 36.0 Å². The van der Waals surface area contributed by atoms with Crippen molar-refractivity contribution in [3.8, 4) is 0 Å². The zero-order valence-electron chi connectivity index (χ0n) is 16.6. The summed E-state index contributed by atoms with van der Waals surface area (Å²) in [7, 11) is 0. The maximum Gasteiger partial charge on any atom is 0.246 e. The van der Waals surface area contributed by atoms with Gasteiger partial charge in [0.25, 0.3) is 0 Å². The molecule has 27 heavy (non-hydrogen) atoms. The molecule has 1 aromatic rings. The van der Waals surface area contributed by atoms with Crippen molar-refractivity contribution >= 4 is 29.2 Å². The second-order valence-corrected chi connectivity index (χ2v) is 9.49. The molecule has 1 spiro atoms. The SMILES string of the molecule is CC(=O)N1CC2(CCN(C(=O)/C=C/c3csc(C)n3)CC2)C[C@H](O)C1(C)C. The Balaban J connectivity index is 1.63. The summed E-state index contributed by atoms with van der Waals surface area (Å²) in [5, 5.41) is 13.6. The third-order valence-electron chi connectivity index (χ3n) is 6.18. The first kappa shape index (κ1) is 20.0. The number of rotatable bonds is 2. The van der Waals surface area contributed by atoms with Gasteiger partial charge in [0.15, 0.2) is 0 Å². The van der Waals surface area contributed by atoms with Gasteiger partial charge in [0, 0.05) is 38.0 Å². The highest BCUT2D eigenvalue weighted by molar-refractivity contribution is 7.09. The molecular weight excluding hydrogens is 362 g/mol. The Hall–Kier alpha value is -1.73. The lowest BCUT2D eigenvalue weighted by Gasteiger charge is -2.55. The average Bonchev–Trinajstić information content (AvgIpc) is 3.02. The number of aromatic nitrogens is 1. The molecule has 2 fully saturated rings. The molecule has 0 radical (unpaired) electrons. The van der Waals surface area contributed by atoms with Crippen molar-refractivity contribution in [1.29, 1.82) is 0 Å². The normalized spacial score (nSPS) is 24.6. The van der Waals surface area contributed by atoms with Crippen molar-refractivity contribution in [3.63, 3.8) is 0 Å². The van der Waals surface area contributed by atoms with Crippen LogP contribution in [0.25, 0.3) is 6.08 Å². The predicted octanol–water partition coefficient (Wildman–Crippen LogP) is 2.47. The van der Waals surface area contributed by atoms with Crippen molar-refractivity contribution in [2.75, 3.05) is 19.6 Å². The number of aliphatic hydroxyl groups is 1. The van der Waals surface area contributed by atoms with Crippen LogP contribution in [0, 0.1) is 12.3 Å². The number of hydrogen-bond acceptors (Lipinski definition) is 5. The number of aryl methyl sites for hydroxylation is 1. The van der Waals surface area contributed by atoms with Crippen LogP contribution in [0.2, 0.25) is 0 Å². The van der Waals surface area contributed by atoms with E-state index in [1.165, 1.54) is 0 Å². The number of carbonyl (C=O) groups excluding carboxylic acids is 2. The third-order valence-corrected chi connectivity index (χ3v) is 6.97. The second kappa shape index (κ2) is 7.36. The van der Waals surface area contributed by atoms with Crippen LogP contribution in [0.4, 0.5) is 0 Å². The monoisotopic (exact) mass is 391 g/mol. The minimum Gasteiger partial charge on any atom is -0.391 e. The number of likely N-dealkylation sites (tertiary alicyclic amines) is 2. The Kier molecular flexibility index (Phi) is 5.45. The molecule has 0 saturated carbocycles. The van der Waals surface area contributed by atoms with E-state index in [2.05, 4.69) is 4.98 Å². The molecule has 2 aliphatic heterocycles. The van der Waals surface area contributed by atoms with Crippen LogP contribution in [-0.4, -0.2) is 63.0 Å². The molecule has 2 amide bonds. The van der Waals surface area contributed by atoms with Gasteiger partial charge < -0.3 is 14.9 Å². The molecule has 3 rings (SSSR count). The van der Waals surface area contributed by atoms with E-state index in [0.717, 1.165) is 23.5 Å². The molecule has 2 saturated heterocycles. The number of aliphatic hydroxyl groups excluding tert-OH is 1. The number of piperidine rings is 2. The molecular formula is C20H29N3O3S. The van der Waals surface area contributed by atoms with E-state index >= 15 is 0 Å². The Morgan fingerprint density at radius 1 is 1.33 bits per heavy atom. The standard InChI is InChI=1S/C20H29N3O3S/c1-14-21-16(12-27-14)5-6-18(26)22-9-7-20(8-10-22)11-17(25)19(3,4)23(13-20)15(2)24/h5-6,12,17,25H,7-11,13H2,1-4H3/b6-5+/t17-/m0/s1. The average molecular weight is 392 g/mol. The topological polar surface area (TPSA) is 73.7 Å². The van der Waals surface area contributed by atoms with Crippen LogP contribution in [0.3, 0.4) is 0 Å². The van der Waals surface area contributed by atoms with Crippen molar-refractivity contribution in [1.82, 2.24) is 14.8 Å². The number of nitrogens with zero attached hydrogens (tertiary/aromatic N) is 3. The lowest BCUT2D eigenvalue weighted by molar-refractivity contribution is -0.158. The summed E-state index contributed by atoms with van der Waals surface area (Å²) < 4.78 is 0. The maximum absolute atomic E-state index is 12.5. The highest BCUT2D eigenvalue weighted by Crippen LogP contribution is 2.45. The van der Waals surface area contributed by atoms with Crippen LogP contribution in [0.5, 0.6) is 0 Å². The zero-order valence-corrected chi connectivity index (χ0v) is 17.4. The summed E-state index contributed by atoms with van der Waals surface area (Å²) in [6.45, 7) is 9.32. The first-order valence-corrected chi connectivity index (χ1v) is 10.4. The molecule has 148 valence electrons. The fourth-order valence-corrected chi connectivity index (χ4v) is 4.82. The number of hydrogen-bond donors (Lipinski definition) is 1. The number of amides is 2. The first-order valence-electron chi connectivity index (χ1n) is 9.48. The van der Waals surface area contributed by atoms with Crippen molar-refractivity contribution < 1.29 is 14.7 Å². The van der Waals surface area contributed by atoms with Gasteiger partial charge in [-0.3, -0.25) is 9.59 Å². The largest absolute Gasteiger partial charge is 0.391 e. The third kappa shape index (κ3) is 4.09. The van der Waals surface area contributed by atoms with Gasteiger partial charge in [0.05, 0.1) is 22.3 Å². The maximum atomic E-state index is 12.5. The molecule has 0 unspecified atom stereocenters. The van der Waals surface area contributed by atoms with Crippen LogP contribution in [-0.2, 0) is 9.59 Å². The summed E-state index contributed by atoms with van der Waals surface area (Å²) in [6, 6.07) is 0. The van der Waals surface area contributed by atoms with E-state index in [0.29, 0.717) is 26.1 Å². The van der Waals surface area contributed by atoms with E-state index in [-0.39, 0.29) is 17.2 Å². The fraction of sp³-hybridized carbons (Fsp3) is 0.650. The Labute approximate surface area is 164 Å². The van der Waals surface area contributed by atoms with E-state index in [1.54, 1.807) is 30.4 Å². The number of thiazole rings is 1. The summed E-state index contributed by atoms with van der Waals surface area (Å²) in [5.41, 5.74) is 0.167. The Morgan fingerprint density at radius 2 is 2.00 bits per heavy atom. The van der Waals surface area contributed by atoms with Crippen LogP contribution in [0.15, 0.2) is 11.5 Å². The molecule has 1 N–H and O–H groups in total. The second-order valence-electron chi connectivity index (χ2n) is 8.43. The summed E-state index contributed by atoms with van der Waals surface area (Å²) in [4.78, 5) is 32.6. The predicted molar refractivity (Wildman–Crippen MR) is 106 cm³/mol. The lowest BCUT2D eigenvalue weighted by Crippen LogP contribution is -2.64. The van der Waals surface area contributed by atoms with Crippen molar-refractivity contribution in [2.24, 2.45) is 5.41 Å². The van der Waals surface area contributed by atoms with Crippen molar-refractivity contribution in [3.05, 3.63) is 22.2 Å². The quantitative estimate of drug-likeness (QED) is 0.786. The van der Waals surface area contributed by atoms with Gasteiger partial charge >= 0.3 is 0 Å². The highest BCUT2D eigenvalue weighted by atomic mass is 32.1. The summed E-state index contributed by atoms with van der Waals surface area (Å²) >= 11 is 1.57. The van der Waals surface area contributed by atoms with E-state index in [4.69, 9.17) is 0 Å². The minimum atomic E-state index is -0.551. The Morgan fingerprint density at radius 3 is 2.56 bits per heavy atom. The molecule has 2 aliphatic rings. The zero-order chi connectivity index (χ0) is 19.8. The Bertz CT molecular complexity index is 747. The summed E-state index contributed by atoms with van der Waals surface area (Å²) in [5.74, 6) is -0.00580. The summed E-state index contributed by atoms with van der Waals surface area (Å²) in [6.07, 6.45) is 5.09. The van der Waals surface area contributed by atoms with Gasteiger partial charge in [-0.05, 0) is 51.5 Å². The molecule has 7 heteroatoms. The lowest BCUT2D eigenvalue weighted by atomic mass is 9.67. The van der Waals surface area contributed by atoms with E-state index < -0.39 is 11.6 Å². The molecule has 0 aliphatic carbocycles. The molecule has 3 heterocycles. The molecule has 0 aromatic carbocycles. The van der Waals surface area contributed by atoms with Gasteiger partial charge in [0.1, 0.15) is 0 Å². The van der Waals surface area contributed by atoms with Crippen molar-refractivity contribution in [2.45, 2.75) is 58.6 Å². The first-order chi connectivity index (χ1) is 12.6. The van der Waals surface area contributed by atoms with E-state index in [9.17, 15) is 14.7 Å². The minimum absolute atomic E-state index is 0.00174. The smallest absolute Gasteiger partial charge is 0.246 e. The molecule has 1 aromatic heterocycles. The van der Waals surface area contributed by atoms with Gasteiger partial charge in [-0.15, -0.1) is 11.3 Å². The van der Waals surface area contributed by atoms with Gasteiger partial charge in [-0.25, -0.2) is 4.98 Å². The van der Waals surface area contributed by atoms with Crippen LogP contribution in [0.1, 0.15) is 50.7 Å². The van der Waals surface area contributed by atoms with Gasteiger partial charge in [0.2, 0.25) is 11.8 Å².